The Balaban J connectivity index is 1.49. The zero-order valence-electron chi connectivity index (χ0n) is 19.9. The summed E-state index contributed by atoms with van der Waals surface area (Å²) in [6.45, 7) is -0.0984. The monoisotopic (exact) mass is 706 g/mol. The van der Waals surface area contributed by atoms with E-state index >= 15 is 0 Å². The zero-order valence-corrected chi connectivity index (χ0v) is 26.0. The number of ether oxygens (including phenoxy) is 1. The van der Waals surface area contributed by atoms with E-state index in [-0.39, 0.29) is 81.3 Å². The molecule has 3 heterocycles. The average molecular weight is 710 g/mol. The number of nitrogens with zero attached hydrogens (tertiary/aromatic N) is 2. The lowest BCUT2D eigenvalue weighted by molar-refractivity contribution is 0.0828. The van der Waals surface area contributed by atoms with Gasteiger partial charge in [-0.25, -0.2) is 9.88 Å². The van der Waals surface area contributed by atoms with Gasteiger partial charge in [-0.2, -0.15) is 0 Å². The van der Waals surface area contributed by atoms with Gasteiger partial charge in [0.05, 0.1) is 87.3 Å². The van der Waals surface area contributed by atoms with Crippen molar-refractivity contribution in [2.75, 3.05) is 11.5 Å². The van der Waals surface area contributed by atoms with Crippen molar-refractivity contribution in [1.82, 2.24) is 4.98 Å². The minimum absolute atomic E-state index is 0.0177. The lowest BCUT2D eigenvalue weighted by atomic mass is 9.92. The number of hydrogen-bond acceptors (Lipinski definition) is 5. The second kappa shape index (κ2) is 10.7. The summed E-state index contributed by atoms with van der Waals surface area (Å²) in [4.78, 5) is 46.5. The number of ketones is 1. The van der Waals surface area contributed by atoms with E-state index < -0.39 is 23.5 Å². The maximum absolute atomic E-state index is 13.8. The van der Waals surface area contributed by atoms with Gasteiger partial charge in [0.15, 0.2) is 5.78 Å². The van der Waals surface area contributed by atoms with Gasteiger partial charge in [0.2, 0.25) is 0 Å². The first-order valence-corrected chi connectivity index (χ1v) is 14.6. The molecule has 2 aliphatic rings. The van der Waals surface area contributed by atoms with Crippen LogP contribution in [0.4, 0.5) is 5.69 Å². The highest BCUT2D eigenvalue weighted by atomic mass is 35.5. The predicted octanol–water partition coefficient (Wildman–Crippen LogP) is 9.76. The Morgan fingerprint density at radius 3 is 1.85 bits per heavy atom. The van der Waals surface area contributed by atoms with Crippen LogP contribution >= 0.6 is 92.8 Å². The molecule has 1 aromatic heterocycles. The largest absolute Gasteiger partial charge is 0.376 e. The van der Waals surface area contributed by atoms with Crippen molar-refractivity contribution in [3.63, 3.8) is 0 Å². The minimum atomic E-state index is -0.928. The van der Waals surface area contributed by atoms with Gasteiger partial charge >= 0.3 is 0 Å². The highest BCUT2D eigenvalue weighted by Gasteiger charge is 2.43. The van der Waals surface area contributed by atoms with Gasteiger partial charge in [0.25, 0.3) is 11.8 Å². The van der Waals surface area contributed by atoms with Crippen molar-refractivity contribution in [2.45, 2.75) is 12.5 Å². The van der Waals surface area contributed by atoms with E-state index in [1.807, 2.05) is 0 Å². The molecule has 3 aromatic carbocycles. The minimum Gasteiger partial charge on any atom is -0.376 e. The van der Waals surface area contributed by atoms with E-state index in [1.54, 1.807) is 24.3 Å². The van der Waals surface area contributed by atoms with Gasteiger partial charge in [-0.3, -0.25) is 14.4 Å². The van der Waals surface area contributed by atoms with Crippen molar-refractivity contribution in [3.8, 4) is 0 Å². The lowest BCUT2D eigenvalue weighted by Crippen LogP contribution is -2.30. The van der Waals surface area contributed by atoms with E-state index in [0.717, 1.165) is 4.90 Å². The molecule has 0 N–H and O–H groups in total. The molecule has 1 unspecified atom stereocenters. The Morgan fingerprint density at radius 2 is 1.24 bits per heavy atom. The van der Waals surface area contributed by atoms with E-state index in [9.17, 15) is 14.4 Å². The average Bonchev–Trinajstić information content (AvgIpc) is 3.10. The summed E-state index contributed by atoms with van der Waals surface area (Å²) >= 11 is 50.2. The molecule has 6 nitrogen and oxygen atoms in total. The molecule has 208 valence electrons. The number of pyridine rings is 1. The van der Waals surface area contributed by atoms with E-state index in [4.69, 9.17) is 103 Å². The van der Waals surface area contributed by atoms with Crippen LogP contribution in [-0.2, 0) is 11.3 Å². The molecule has 0 bridgehead atoms. The van der Waals surface area contributed by atoms with E-state index in [1.165, 1.54) is 6.07 Å². The Labute approximate surface area is 271 Å². The highest BCUT2D eigenvalue weighted by molar-refractivity contribution is 6.57. The fourth-order valence-electron chi connectivity index (χ4n) is 4.91. The third-order valence-corrected chi connectivity index (χ3v) is 10.5. The van der Waals surface area contributed by atoms with Gasteiger partial charge in [0.1, 0.15) is 0 Å². The number of carbonyl (C=O) groups excluding carboxylic acids is 3. The Kier molecular flexibility index (Phi) is 7.63. The molecule has 0 saturated carbocycles. The van der Waals surface area contributed by atoms with Crippen molar-refractivity contribution in [3.05, 3.63) is 98.5 Å². The van der Waals surface area contributed by atoms with Crippen LogP contribution in [0.5, 0.6) is 0 Å². The van der Waals surface area contributed by atoms with Crippen LogP contribution in [0.15, 0.2) is 30.3 Å². The summed E-state index contributed by atoms with van der Waals surface area (Å²) in [6.07, 6.45) is 0. The normalized spacial score (nSPS) is 16.8. The molecular weight excluding hydrogens is 700 g/mol. The lowest BCUT2D eigenvalue weighted by Gasteiger charge is -2.19. The van der Waals surface area contributed by atoms with Gasteiger partial charge in [-0.1, -0.05) is 111 Å². The third kappa shape index (κ3) is 4.35. The maximum atomic E-state index is 13.8. The van der Waals surface area contributed by atoms with Gasteiger partial charge in [-0.15, -0.1) is 0 Å². The molecule has 0 saturated heterocycles. The number of carbonyl (C=O) groups is 3. The molecule has 6 rings (SSSR count). The van der Waals surface area contributed by atoms with Crippen LogP contribution < -0.4 is 4.90 Å². The van der Waals surface area contributed by atoms with Gasteiger partial charge in [-0.05, 0) is 12.1 Å². The summed E-state index contributed by atoms with van der Waals surface area (Å²) < 4.78 is 5.78. The summed E-state index contributed by atoms with van der Waals surface area (Å²) in [5.74, 6) is -2.88. The number of fused-ring (bicyclic) bond motifs is 3. The molecule has 41 heavy (non-hydrogen) atoms. The Bertz CT molecular complexity index is 1850. The molecule has 0 fully saturated rings. The number of Topliss-reactive ketones (excluding diaryl/α,β-unsaturated/α-hetero) is 1. The molecule has 2 aliphatic heterocycles. The first-order chi connectivity index (χ1) is 19.5. The third-order valence-electron chi connectivity index (χ3n) is 6.88. The van der Waals surface area contributed by atoms with E-state index in [0.29, 0.717) is 16.6 Å². The molecule has 0 spiro atoms. The number of benzene rings is 3. The number of hydrogen-bond donors (Lipinski definition) is 0. The Hall–Kier alpha value is -1.84. The van der Waals surface area contributed by atoms with E-state index in [2.05, 4.69) is 0 Å². The Morgan fingerprint density at radius 1 is 0.683 bits per heavy atom. The standard InChI is InChI=1S/C27H10Cl8N2O4/c28-16-10-7-41-6-9(25(38)13(10)17(29)21(33)20(16)32)11-5-4-8-2-1-3-12(24(8)36-11)37-26(39)14-15(27(37)40)19(31)23(35)22(34)18(14)30/h1-5,9H,6-7H2. The smallest absolute Gasteiger partial charge is 0.267 e. The molecule has 14 heteroatoms. The highest BCUT2D eigenvalue weighted by Crippen LogP contribution is 2.47. The van der Waals surface area contributed by atoms with Crippen molar-refractivity contribution < 1.29 is 19.1 Å². The van der Waals surface area contributed by atoms with Crippen molar-refractivity contribution in [2.24, 2.45) is 0 Å². The number of imide groups is 1. The molecule has 1 atom stereocenters. The second-order valence-electron chi connectivity index (χ2n) is 9.08. The molecular formula is C27H10Cl8N2O4. The van der Waals surface area contributed by atoms with Crippen molar-refractivity contribution >= 4 is 127 Å². The molecule has 4 aromatic rings. The van der Waals surface area contributed by atoms with Crippen LogP contribution in [0.25, 0.3) is 10.9 Å². The van der Waals surface area contributed by atoms with Gasteiger partial charge < -0.3 is 4.74 Å². The van der Waals surface area contributed by atoms with Crippen LogP contribution in [0.2, 0.25) is 40.2 Å². The summed E-state index contributed by atoms with van der Waals surface area (Å²) in [5.41, 5.74) is 0.734. The predicted molar refractivity (Wildman–Crippen MR) is 163 cm³/mol. The summed E-state index contributed by atoms with van der Waals surface area (Å²) in [6, 6.07) is 8.27. The van der Waals surface area contributed by atoms with Crippen LogP contribution in [0, 0.1) is 0 Å². The van der Waals surface area contributed by atoms with Crippen molar-refractivity contribution in [1.29, 1.82) is 0 Å². The zero-order chi connectivity index (χ0) is 29.5. The first kappa shape index (κ1) is 29.2. The number of para-hydroxylation sites is 1. The summed E-state index contributed by atoms with van der Waals surface area (Å²) in [5, 5.41) is -0.116. The second-order valence-corrected chi connectivity index (χ2v) is 12.1. The number of aromatic nitrogens is 1. The maximum Gasteiger partial charge on any atom is 0.267 e. The van der Waals surface area contributed by atoms with Crippen LogP contribution in [0.3, 0.4) is 0 Å². The number of halogens is 8. The fraction of sp³-hybridized carbons (Fsp3) is 0.111. The first-order valence-electron chi connectivity index (χ1n) is 11.6. The SMILES string of the molecule is O=C1c2c(Cl)c(Cl)c(Cl)c(Cl)c2COCC1c1ccc2cccc(N3C(=O)c4c(Cl)c(Cl)c(Cl)c(Cl)c4C3=O)c2n1. The molecule has 0 aliphatic carbocycles. The number of rotatable bonds is 2. The summed E-state index contributed by atoms with van der Waals surface area (Å²) in [7, 11) is 0. The number of amides is 2. The van der Waals surface area contributed by atoms with Crippen LogP contribution in [0.1, 0.15) is 48.2 Å². The van der Waals surface area contributed by atoms with Gasteiger partial charge in [0, 0.05) is 16.5 Å². The topological polar surface area (TPSA) is 76.6 Å². The quantitative estimate of drug-likeness (QED) is 0.118. The van der Waals surface area contributed by atoms with Crippen LogP contribution in [-0.4, -0.2) is 29.2 Å². The molecule has 0 radical (unpaired) electrons. The molecule has 2 amide bonds. The number of anilines is 1. The fourth-order valence-corrected chi connectivity index (χ4v) is 6.96.